The Bertz CT molecular complexity index is 463. The largest absolute Gasteiger partial charge is 0.433 e. The Morgan fingerprint density at radius 3 is 2.68 bits per heavy atom. The summed E-state index contributed by atoms with van der Waals surface area (Å²) in [6, 6.07) is 2.56. The second-order valence-electron chi connectivity index (χ2n) is 4.71. The highest BCUT2D eigenvalue weighted by atomic mass is 16.6. The molecule has 1 aliphatic heterocycles. The minimum atomic E-state index is -0.649. The highest BCUT2D eigenvalue weighted by Crippen LogP contribution is 2.23. The first kappa shape index (κ1) is 13.5. The first-order valence-electron chi connectivity index (χ1n) is 6.35. The van der Waals surface area contributed by atoms with Crippen molar-refractivity contribution in [3.05, 3.63) is 28.0 Å². The average Bonchev–Trinajstić information content (AvgIpc) is 2.89. The summed E-state index contributed by atoms with van der Waals surface area (Å²) < 4.78 is 4.92. The molecule has 1 aromatic rings. The first-order valence-corrected chi connectivity index (χ1v) is 6.35. The predicted molar refractivity (Wildman–Crippen MR) is 67.7 cm³/mol. The number of nitrogens with zero attached hydrogens (tertiary/aromatic N) is 2. The predicted octanol–water partition coefficient (Wildman–Crippen LogP) is 1.39. The third kappa shape index (κ3) is 3.11. The minimum Gasteiger partial charge on any atom is -0.395 e. The van der Waals surface area contributed by atoms with E-state index in [1.54, 1.807) is 4.90 Å². The number of rotatable bonds is 4. The van der Waals surface area contributed by atoms with Crippen LogP contribution in [0.25, 0.3) is 0 Å². The lowest BCUT2D eigenvalue weighted by molar-refractivity contribution is -0.402. The molecule has 0 unspecified atom stereocenters. The normalized spacial score (nSPS) is 16.6. The Kier molecular flexibility index (Phi) is 4.16. The smallest absolute Gasteiger partial charge is 0.395 e. The van der Waals surface area contributed by atoms with Gasteiger partial charge in [0.15, 0.2) is 5.76 Å². The van der Waals surface area contributed by atoms with Crippen LogP contribution >= 0.6 is 0 Å². The lowest BCUT2D eigenvalue weighted by atomic mass is 9.93. The Morgan fingerprint density at radius 1 is 1.47 bits per heavy atom. The maximum atomic E-state index is 12.1. The summed E-state index contributed by atoms with van der Waals surface area (Å²) in [6.45, 7) is 1.97. The Balaban J connectivity index is 1.95. The van der Waals surface area contributed by atoms with E-state index in [9.17, 15) is 14.9 Å². The summed E-state index contributed by atoms with van der Waals surface area (Å²) in [5, 5.41) is 10.5. The van der Waals surface area contributed by atoms with Gasteiger partial charge in [-0.2, -0.15) is 0 Å². The van der Waals surface area contributed by atoms with E-state index in [4.69, 9.17) is 10.2 Å². The van der Waals surface area contributed by atoms with Gasteiger partial charge in [0.05, 0.1) is 6.07 Å². The van der Waals surface area contributed by atoms with Gasteiger partial charge in [-0.15, -0.1) is 0 Å². The van der Waals surface area contributed by atoms with E-state index < -0.39 is 10.8 Å². The summed E-state index contributed by atoms with van der Waals surface area (Å²) in [7, 11) is 0. The van der Waals surface area contributed by atoms with E-state index in [0.717, 1.165) is 19.3 Å². The van der Waals surface area contributed by atoms with E-state index in [0.29, 0.717) is 25.6 Å². The molecule has 19 heavy (non-hydrogen) atoms. The molecule has 0 saturated carbocycles. The fraction of sp³-hybridized carbons (Fsp3) is 0.583. The summed E-state index contributed by atoms with van der Waals surface area (Å²) in [5.74, 6) is -0.0790. The molecule has 2 N–H and O–H groups in total. The summed E-state index contributed by atoms with van der Waals surface area (Å²) in [5.41, 5.74) is 5.52. The Hall–Kier alpha value is -1.89. The van der Waals surface area contributed by atoms with Crippen LogP contribution < -0.4 is 5.73 Å². The summed E-state index contributed by atoms with van der Waals surface area (Å²) in [6.07, 6.45) is 2.83. The topological polar surface area (TPSA) is 103 Å². The number of carbonyl (C=O) groups is 1. The molecule has 1 saturated heterocycles. The van der Waals surface area contributed by atoms with Gasteiger partial charge in [-0.3, -0.25) is 14.9 Å². The van der Waals surface area contributed by atoms with Gasteiger partial charge in [0.1, 0.15) is 4.92 Å². The number of amides is 1. The molecule has 0 aromatic carbocycles. The van der Waals surface area contributed by atoms with Crippen LogP contribution in [0.4, 0.5) is 5.88 Å². The van der Waals surface area contributed by atoms with Crippen molar-refractivity contribution in [3.63, 3.8) is 0 Å². The second-order valence-corrected chi connectivity index (χ2v) is 4.71. The van der Waals surface area contributed by atoms with E-state index in [1.807, 2.05) is 0 Å². The fourth-order valence-corrected chi connectivity index (χ4v) is 2.36. The Morgan fingerprint density at radius 2 is 2.16 bits per heavy atom. The fourth-order valence-electron chi connectivity index (χ4n) is 2.36. The maximum Gasteiger partial charge on any atom is 0.433 e. The quantitative estimate of drug-likeness (QED) is 0.656. The van der Waals surface area contributed by atoms with Gasteiger partial charge in [-0.25, -0.2) is 0 Å². The van der Waals surface area contributed by atoms with Crippen LogP contribution in [0.2, 0.25) is 0 Å². The van der Waals surface area contributed by atoms with Crippen LogP contribution in [0, 0.1) is 16.0 Å². The average molecular weight is 267 g/mol. The molecule has 0 bridgehead atoms. The standard InChI is InChI=1S/C12H17N3O4/c13-6-3-9-4-7-14(8-5-9)12(16)10-1-2-11(19-10)15(17)18/h1-2,9H,3-8,13H2. The third-order valence-corrected chi connectivity index (χ3v) is 3.46. The van der Waals surface area contributed by atoms with Crippen LogP contribution in [0.3, 0.4) is 0 Å². The molecule has 1 aliphatic rings. The van der Waals surface area contributed by atoms with Crippen LogP contribution in [0.15, 0.2) is 16.5 Å². The van der Waals surface area contributed by atoms with Crippen LogP contribution in [0.5, 0.6) is 0 Å². The third-order valence-electron chi connectivity index (χ3n) is 3.46. The number of furan rings is 1. The molecular formula is C12H17N3O4. The van der Waals surface area contributed by atoms with Crippen molar-refractivity contribution in [3.8, 4) is 0 Å². The number of hydrogen-bond acceptors (Lipinski definition) is 5. The van der Waals surface area contributed by atoms with Crippen molar-refractivity contribution in [1.29, 1.82) is 0 Å². The molecule has 0 radical (unpaired) electrons. The first-order chi connectivity index (χ1) is 9.11. The molecule has 1 amide bonds. The number of piperidine rings is 1. The lowest BCUT2D eigenvalue weighted by Gasteiger charge is -2.31. The SMILES string of the molecule is NCCC1CCN(C(=O)c2ccc([N+](=O)[O-])o2)CC1. The van der Waals surface area contributed by atoms with Crippen LogP contribution in [0.1, 0.15) is 29.8 Å². The number of likely N-dealkylation sites (tertiary alicyclic amines) is 1. The Labute approximate surface area is 110 Å². The summed E-state index contributed by atoms with van der Waals surface area (Å²) in [4.78, 5) is 23.6. The zero-order valence-electron chi connectivity index (χ0n) is 10.6. The van der Waals surface area contributed by atoms with E-state index in [2.05, 4.69) is 0 Å². The highest BCUT2D eigenvalue weighted by Gasteiger charge is 2.26. The second kappa shape index (κ2) is 5.83. The molecular weight excluding hydrogens is 250 g/mol. The van der Waals surface area contributed by atoms with Gasteiger partial charge in [0.2, 0.25) is 0 Å². The molecule has 7 nitrogen and oxygen atoms in total. The number of hydrogen-bond donors (Lipinski definition) is 1. The molecule has 0 aliphatic carbocycles. The van der Waals surface area contributed by atoms with Crippen LogP contribution in [-0.2, 0) is 0 Å². The molecule has 7 heteroatoms. The van der Waals surface area contributed by atoms with Gasteiger partial charge in [-0.05, 0) is 37.8 Å². The van der Waals surface area contributed by atoms with Gasteiger partial charge in [-0.1, -0.05) is 0 Å². The van der Waals surface area contributed by atoms with E-state index in [1.165, 1.54) is 12.1 Å². The molecule has 2 rings (SSSR count). The number of nitro groups is 1. The molecule has 0 spiro atoms. The number of carbonyl (C=O) groups excluding carboxylic acids is 1. The van der Waals surface area contributed by atoms with Crippen molar-refractivity contribution in [2.24, 2.45) is 11.7 Å². The van der Waals surface area contributed by atoms with E-state index >= 15 is 0 Å². The minimum absolute atomic E-state index is 0.0315. The van der Waals surface area contributed by atoms with Crippen molar-refractivity contribution in [2.75, 3.05) is 19.6 Å². The van der Waals surface area contributed by atoms with Crippen molar-refractivity contribution >= 4 is 11.8 Å². The van der Waals surface area contributed by atoms with Crippen molar-refractivity contribution < 1.29 is 14.1 Å². The molecule has 104 valence electrons. The lowest BCUT2D eigenvalue weighted by Crippen LogP contribution is -2.38. The van der Waals surface area contributed by atoms with Gasteiger partial charge < -0.3 is 15.1 Å². The van der Waals surface area contributed by atoms with Gasteiger partial charge in [0.25, 0.3) is 5.91 Å². The van der Waals surface area contributed by atoms with Gasteiger partial charge >= 0.3 is 5.88 Å². The van der Waals surface area contributed by atoms with Crippen molar-refractivity contribution in [1.82, 2.24) is 4.90 Å². The highest BCUT2D eigenvalue weighted by molar-refractivity contribution is 5.91. The zero-order valence-corrected chi connectivity index (χ0v) is 10.6. The zero-order chi connectivity index (χ0) is 13.8. The monoisotopic (exact) mass is 267 g/mol. The molecule has 1 aromatic heterocycles. The van der Waals surface area contributed by atoms with Crippen molar-refractivity contribution in [2.45, 2.75) is 19.3 Å². The maximum absolute atomic E-state index is 12.1. The van der Waals surface area contributed by atoms with E-state index in [-0.39, 0.29) is 11.7 Å². The molecule has 2 heterocycles. The van der Waals surface area contributed by atoms with Gasteiger partial charge in [0, 0.05) is 13.1 Å². The molecule has 1 fully saturated rings. The number of nitrogens with two attached hydrogens (primary N) is 1. The summed E-state index contributed by atoms with van der Waals surface area (Å²) >= 11 is 0. The van der Waals surface area contributed by atoms with Crippen LogP contribution in [-0.4, -0.2) is 35.4 Å². The molecule has 0 atom stereocenters.